The van der Waals surface area contributed by atoms with E-state index < -0.39 is 0 Å². The summed E-state index contributed by atoms with van der Waals surface area (Å²) in [4.78, 5) is 18.1. The largest absolute Gasteiger partial charge is 0.331 e. The number of hydrogen-bond donors (Lipinski definition) is 3. The van der Waals surface area contributed by atoms with E-state index in [1.807, 2.05) is 18.2 Å². The molecule has 2 aromatic rings. The number of amides is 1. The van der Waals surface area contributed by atoms with Crippen molar-refractivity contribution in [1.82, 2.24) is 9.97 Å². The van der Waals surface area contributed by atoms with Gasteiger partial charge in [-0.15, -0.1) is 0 Å². The number of imidazole rings is 1. The van der Waals surface area contributed by atoms with Crippen molar-refractivity contribution in [2.24, 2.45) is 11.3 Å². The van der Waals surface area contributed by atoms with Gasteiger partial charge in [-0.3, -0.25) is 4.79 Å². The van der Waals surface area contributed by atoms with E-state index in [0.29, 0.717) is 4.77 Å². The highest BCUT2D eigenvalue weighted by atomic mass is 32.1. The molecule has 1 aromatic heterocycles. The van der Waals surface area contributed by atoms with E-state index in [4.69, 9.17) is 12.2 Å². The molecule has 3 N–H and O–H groups in total. The molecule has 1 aliphatic carbocycles. The minimum atomic E-state index is 0.105. The Hall–Kier alpha value is -1.62. The van der Waals surface area contributed by atoms with Gasteiger partial charge in [0.05, 0.1) is 11.0 Å². The monoisotopic (exact) mass is 261 g/mol. The molecule has 4 nitrogen and oxygen atoms in total. The lowest BCUT2D eigenvalue weighted by molar-refractivity contribution is -0.117. The molecule has 18 heavy (non-hydrogen) atoms. The SMILES string of the molecule is CC1(C)C[C@@H]1C(=O)Nc1ccc2[nH]c(=S)[nH]c2c1. The molecule has 1 amide bonds. The number of aromatic amines is 2. The maximum Gasteiger partial charge on any atom is 0.228 e. The van der Waals surface area contributed by atoms with E-state index in [-0.39, 0.29) is 17.2 Å². The van der Waals surface area contributed by atoms with Crippen LogP contribution in [-0.2, 0) is 4.79 Å². The molecular formula is C13H15N3OS. The van der Waals surface area contributed by atoms with Crippen molar-refractivity contribution in [1.29, 1.82) is 0 Å². The second-order valence-electron chi connectivity index (χ2n) is 5.57. The maximum absolute atomic E-state index is 12.0. The van der Waals surface area contributed by atoms with E-state index in [2.05, 4.69) is 29.1 Å². The van der Waals surface area contributed by atoms with E-state index in [1.54, 1.807) is 0 Å². The lowest BCUT2D eigenvalue weighted by Crippen LogP contribution is -2.16. The average Bonchev–Trinajstić information content (AvgIpc) is 2.77. The summed E-state index contributed by atoms with van der Waals surface area (Å²) in [6, 6.07) is 5.69. The fourth-order valence-corrected chi connectivity index (χ4v) is 2.47. The Morgan fingerprint density at radius 1 is 1.39 bits per heavy atom. The topological polar surface area (TPSA) is 60.7 Å². The Morgan fingerprint density at radius 3 is 2.72 bits per heavy atom. The van der Waals surface area contributed by atoms with Crippen LogP contribution < -0.4 is 5.32 Å². The molecule has 1 saturated carbocycles. The van der Waals surface area contributed by atoms with Gasteiger partial charge < -0.3 is 15.3 Å². The highest BCUT2D eigenvalue weighted by molar-refractivity contribution is 7.71. The van der Waals surface area contributed by atoms with Gasteiger partial charge in [0.2, 0.25) is 5.91 Å². The van der Waals surface area contributed by atoms with Gasteiger partial charge in [-0.1, -0.05) is 13.8 Å². The molecule has 0 aliphatic heterocycles. The van der Waals surface area contributed by atoms with Gasteiger partial charge in [-0.05, 0) is 42.3 Å². The van der Waals surface area contributed by atoms with Gasteiger partial charge in [-0.25, -0.2) is 0 Å². The van der Waals surface area contributed by atoms with Crippen LogP contribution in [0.2, 0.25) is 0 Å². The predicted octanol–water partition coefficient (Wildman–Crippen LogP) is 3.21. The first-order chi connectivity index (χ1) is 8.45. The van der Waals surface area contributed by atoms with E-state index in [9.17, 15) is 4.79 Å². The molecule has 1 heterocycles. The molecule has 0 radical (unpaired) electrons. The minimum Gasteiger partial charge on any atom is -0.331 e. The van der Waals surface area contributed by atoms with E-state index in [0.717, 1.165) is 23.1 Å². The van der Waals surface area contributed by atoms with Crippen LogP contribution in [0.3, 0.4) is 0 Å². The minimum absolute atomic E-state index is 0.105. The van der Waals surface area contributed by atoms with Crippen molar-refractivity contribution in [3.8, 4) is 0 Å². The normalized spacial score (nSPS) is 20.9. The summed E-state index contributed by atoms with van der Waals surface area (Å²) in [7, 11) is 0. The number of hydrogen-bond acceptors (Lipinski definition) is 2. The number of aromatic nitrogens is 2. The van der Waals surface area contributed by atoms with Crippen LogP contribution >= 0.6 is 12.2 Å². The highest BCUT2D eigenvalue weighted by Gasteiger charge is 2.50. The standard InChI is InChI=1S/C13H15N3OS/c1-13(2)6-8(13)11(17)14-7-3-4-9-10(5-7)16-12(18)15-9/h3-5,8H,6H2,1-2H3,(H,14,17)(H2,15,16,18)/t8-/m1/s1. The average molecular weight is 261 g/mol. The molecule has 3 rings (SSSR count). The number of fused-ring (bicyclic) bond motifs is 1. The van der Waals surface area contributed by atoms with Crippen molar-refractivity contribution in [3.05, 3.63) is 23.0 Å². The summed E-state index contributed by atoms with van der Waals surface area (Å²) in [5.41, 5.74) is 2.82. The summed E-state index contributed by atoms with van der Waals surface area (Å²) >= 11 is 5.03. The molecule has 1 atom stereocenters. The molecule has 1 aromatic carbocycles. The van der Waals surface area contributed by atoms with Crippen LogP contribution in [0, 0.1) is 16.1 Å². The first kappa shape index (κ1) is 11.5. The molecule has 0 bridgehead atoms. The summed E-state index contributed by atoms with van der Waals surface area (Å²) in [6.45, 7) is 4.23. The summed E-state index contributed by atoms with van der Waals surface area (Å²) in [6.07, 6.45) is 0.966. The Kier molecular flexibility index (Phi) is 2.35. The third-order valence-electron chi connectivity index (χ3n) is 3.61. The van der Waals surface area contributed by atoms with Gasteiger partial charge >= 0.3 is 0 Å². The van der Waals surface area contributed by atoms with Crippen LogP contribution in [0.4, 0.5) is 5.69 Å². The molecule has 1 aliphatic rings. The van der Waals surface area contributed by atoms with Crippen LogP contribution in [0.15, 0.2) is 18.2 Å². The van der Waals surface area contributed by atoms with Crippen LogP contribution in [0.5, 0.6) is 0 Å². The Morgan fingerprint density at radius 2 is 2.06 bits per heavy atom. The van der Waals surface area contributed by atoms with Crippen molar-refractivity contribution < 1.29 is 4.79 Å². The Labute approximate surface area is 110 Å². The third kappa shape index (κ3) is 1.95. The zero-order valence-electron chi connectivity index (χ0n) is 10.3. The maximum atomic E-state index is 12.0. The number of nitrogens with one attached hydrogen (secondary N) is 3. The van der Waals surface area contributed by atoms with Crippen molar-refractivity contribution in [2.45, 2.75) is 20.3 Å². The Balaban J connectivity index is 1.82. The van der Waals surface area contributed by atoms with Crippen molar-refractivity contribution in [3.63, 3.8) is 0 Å². The molecular weight excluding hydrogens is 246 g/mol. The zero-order valence-corrected chi connectivity index (χ0v) is 11.1. The summed E-state index contributed by atoms with van der Waals surface area (Å²) in [5, 5.41) is 2.95. The van der Waals surface area contributed by atoms with E-state index in [1.165, 1.54) is 0 Å². The number of carbonyl (C=O) groups is 1. The highest BCUT2D eigenvalue weighted by Crippen LogP contribution is 2.51. The first-order valence-electron chi connectivity index (χ1n) is 5.99. The smallest absolute Gasteiger partial charge is 0.228 e. The number of carbonyl (C=O) groups excluding carboxylic acids is 1. The lowest BCUT2D eigenvalue weighted by Gasteiger charge is -2.06. The third-order valence-corrected chi connectivity index (χ3v) is 3.82. The summed E-state index contributed by atoms with van der Waals surface area (Å²) in [5.74, 6) is 0.242. The molecule has 94 valence electrons. The number of H-pyrrole nitrogens is 2. The lowest BCUT2D eigenvalue weighted by atomic mass is 10.1. The van der Waals surface area contributed by atoms with Gasteiger partial charge in [-0.2, -0.15) is 0 Å². The summed E-state index contributed by atoms with van der Waals surface area (Å²) < 4.78 is 0.594. The Bertz CT molecular complexity index is 683. The number of benzene rings is 1. The van der Waals surface area contributed by atoms with Crippen LogP contribution in [0.1, 0.15) is 20.3 Å². The molecule has 0 saturated heterocycles. The van der Waals surface area contributed by atoms with Gasteiger partial charge in [0.25, 0.3) is 0 Å². The van der Waals surface area contributed by atoms with Crippen molar-refractivity contribution in [2.75, 3.05) is 5.32 Å². The van der Waals surface area contributed by atoms with E-state index >= 15 is 0 Å². The van der Waals surface area contributed by atoms with Crippen LogP contribution in [-0.4, -0.2) is 15.9 Å². The fraction of sp³-hybridized carbons (Fsp3) is 0.385. The van der Waals surface area contributed by atoms with Crippen LogP contribution in [0.25, 0.3) is 11.0 Å². The quantitative estimate of drug-likeness (QED) is 0.727. The zero-order chi connectivity index (χ0) is 12.9. The molecule has 1 fully saturated rings. The van der Waals surface area contributed by atoms with Gasteiger partial charge in [0, 0.05) is 11.6 Å². The second kappa shape index (κ2) is 3.68. The van der Waals surface area contributed by atoms with Crippen molar-refractivity contribution >= 4 is 34.8 Å². The molecule has 5 heteroatoms. The number of anilines is 1. The predicted molar refractivity (Wildman–Crippen MR) is 74.0 cm³/mol. The number of rotatable bonds is 2. The fourth-order valence-electron chi connectivity index (χ4n) is 2.25. The first-order valence-corrected chi connectivity index (χ1v) is 6.39. The van der Waals surface area contributed by atoms with Gasteiger partial charge in [0.15, 0.2) is 4.77 Å². The van der Waals surface area contributed by atoms with Gasteiger partial charge in [0.1, 0.15) is 0 Å². The molecule has 0 spiro atoms. The molecule has 0 unspecified atom stereocenters. The second-order valence-corrected chi connectivity index (χ2v) is 5.98.